The predicted molar refractivity (Wildman–Crippen MR) is 114 cm³/mol. The van der Waals surface area contributed by atoms with Gasteiger partial charge >= 0.3 is 5.69 Å². The number of hydrogen-bond acceptors (Lipinski definition) is 6. The third kappa shape index (κ3) is 3.44. The molecule has 0 bridgehead atoms. The molecule has 9 nitrogen and oxygen atoms in total. The maximum absolute atomic E-state index is 12.9. The lowest BCUT2D eigenvalue weighted by Crippen LogP contribution is -2.44. The molecule has 2 fully saturated rings. The molecule has 5 rings (SSSR count). The van der Waals surface area contributed by atoms with Crippen LogP contribution in [0, 0.1) is 0 Å². The number of nitrogens with one attached hydrogen (secondary N) is 2. The highest BCUT2D eigenvalue weighted by Gasteiger charge is 2.31. The summed E-state index contributed by atoms with van der Waals surface area (Å²) in [6.07, 6.45) is 6.29. The molecular formula is C22H24N6O3. The first kappa shape index (κ1) is 19.6. The number of aryl methyl sites for hydroxylation is 1. The molecule has 2 aromatic heterocycles. The van der Waals surface area contributed by atoms with E-state index in [1.807, 2.05) is 30.6 Å². The fourth-order valence-electron chi connectivity index (χ4n) is 4.55. The highest BCUT2D eigenvalue weighted by Crippen LogP contribution is 2.28. The Kier molecular flexibility index (Phi) is 4.90. The van der Waals surface area contributed by atoms with Crippen molar-refractivity contribution in [2.24, 2.45) is 7.05 Å². The fraction of sp³-hybridized carbons (Fsp3) is 0.409. The van der Waals surface area contributed by atoms with Crippen LogP contribution in [0.3, 0.4) is 0 Å². The largest absolute Gasteiger partial charge is 0.329 e. The van der Waals surface area contributed by atoms with Crippen molar-refractivity contribution >= 4 is 22.8 Å². The summed E-state index contributed by atoms with van der Waals surface area (Å²) in [5.41, 5.74) is 2.88. The lowest BCUT2D eigenvalue weighted by molar-refractivity contribution is -0.135. The fourth-order valence-corrected chi connectivity index (χ4v) is 4.55. The SMILES string of the molecule is Cn1c(=O)n(C2CCC(=O)NC2=O)c2ccc(-c3cnc(C4CCNCC4)nc3)cc21. The van der Waals surface area contributed by atoms with E-state index in [0.29, 0.717) is 17.9 Å². The molecule has 160 valence electrons. The van der Waals surface area contributed by atoms with E-state index in [4.69, 9.17) is 0 Å². The summed E-state index contributed by atoms with van der Waals surface area (Å²) in [5.74, 6) is 0.533. The van der Waals surface area contributed by atoms with Crippen molar-refractivity contribution in [2.75, 3.05) is 13.1 Å². The van der Waals surface area contributed by atoms with Crippen LogP contribution in [-0.2, 0) is 16.6 Å². The van der Waals surface area contributed by atoms with Crippen molar-refractivity contribution in [1.82, 2.24) is 29.7 Å². The van der Waals surface area contributed by atoms with Crippen LogP contribution in [0.25, 0.3) is 22.2 Å². The van der Waals surface area contributed by atoms with E-state index in [1.165, 1.54) is 9.13 Å². The molecule has 9 heteroatoms. The van der Waals surface area contributed by atoms with Gasteiger partial charge in [0, 0.05) is 37.3 Å². The van der Waals surface area contributed by atoms with Crippen molar-refractivity contribution < 1.29 is 9.59 Å². The quantitative estimate of drug-likeness (QED) is 0.617. The van der Waals surface area contributed by atoms with Gasteiger partial charge in [-0.05, 0) is 50.0 Å². The first-order valence-electron chi connectivity index (χ1n) is 10.6. The molecular weight excluding hydrogens is 396 g/mol. The minimum absolute atomic E-state index is 0.220. The van der Waals surface area contributed by atoms with E-state index in [9.17, 15) is 14.4 Å². The Balaban J connectivity index is 1.49. The van der Waals surface area contributed by atoms with Gasteiger partial charge in [-0.1, -0.05) is 6.07 Å². The zero-order valence-electron chi connectivity index (χ0n) is 17.3. The van der Waals surface area contributed by atoms with Crippen molar-refractivity contribution in [3.8, 4) is 11.1 Å². The summed E-state index contributed by atoms with van der Waals surface area (Å²) < 4.78 is 3.02. The average molecular weight is 420 g/mol. The summed E-state index contributed by atoms with van der Waals surface area (Å²) in [6, 6.07) is 4.98. The second kappa shape index (κ2) is 7.73. The molecule has 31 heavy (non-hydrogen) atoms. The molecule has 2 saturated heterocycles. The highest BCUT2D eigenvalue weighted by atomic mass is 16.2. The molecule has 2 amide bonds. The van der Waals surface area contributed by atoms with Crippen molar-refractivity contribution in [1.29, 1.82) is 0 Å². The predicted octanol–water partition coefficient (Wildman–Crippen LogP) is 1.24. The normalized spacial score (nSPS) is 20.2. The van der Waals surface area contributed by atoms with Crippen LogP contribution in [0.2, 0.25) is 0 Å². The van der Waals surface area contributed by atoms with E-state index in [0.717, 1.165) is 48.4 Å². The Morgan fingerprint density at radius 3 is 2.42 bits per heavy atom. The maximum atomic E-state index is 12.9. The molecule has 2 N–H and O–H groups in total. The Bertz CT molecular complexity index is 1220. The highest BCUT2D eigenvalue weighted by molar-refractivity contribution is 6.00. The lowest BCUT2D eigenvalue weighted by Gasteiger charge is -2.22. The van der Waals surface area contributed by atoms with E-state index in [2.05, 4.69) is 20.6 Å². The topological polar surface area (TPSA) is 111 Å². The van der Waals surface area contributed by atoms with Gasteiger partial charge < -0.3 is 5.32 Å². The van der Waals surface area contributed by atoms with Gasteiger partial charge in [0.05, 0.1) is 11.0 Å². The van der Waals surface area contributed by atoms with Gasteiger partial charge in [-0.3, -0.25) is 24.0 Å². The van der Waals surface area contributed by atoms with Gasteiger partial charge in [-0.25, -0.2) is 14.8 Å². The summed E-state index contributed by atoms with van der Waals surface area (Å²) in [5, 5.41) is 5.68. The second-order valence-electron chi connectivity index (χ2n) is 8.24. The number of aromatic nitrogens is 4. The summed E-state index contributed by atoms with van der Waals surface area (Å²) in [4.78, 5) is 45.9. The van der Waals surface area contributed by atoms with Gasteiger partial charge in [-0.15, -0.1) is 0 Å². The smallest absolute Gasteiger partial charge is 0.317 e. The van der Waals surface area contributed by atoms with Crippen molar-refractivity contribution in [2.45, 2.75) is 37.6 Å². The van der Waals surface area contributed by atoms with Crippen molar-refractivity contribution in [3.63, 3.8) is 0 Å². The number of carbonyl (C=O) groups excluding carboxylic acids is 2. The standard InChI is InChI=1S/C22H24N6O3/c1-27-18-10-14(15-11-24-20(25-12-15)13-6-8-23-9-7-13)2-3-16(18)28(22(27)31)17-4-5-19(29)26-21(17)30/h2-3,10-13,17,23H,4-9H2,1H3,(H,26,29,30). The van der Waals surface area contributed by atoms with Crippen LogP contribution in [0.15, 0.2) is 35.4 Å². The average Bonchev–Trinajstić information content (AvgIpc) is 3.04. The van der Waals surface area contributed by atoms with E-state index >= 15 is 0 Å². The van der Waals surface area contributed by atoms with Crippen LogP contribution in [-0.4, -0.2) is 44.0 Å². The third-order valence-corrected chi connectivity index (χ3v) is 6.32. The van der Waals surface area contributed by atoms with Crippen molar-refractivity contribution in [3.05, 3.63) is 46.9 Å². The monoisotopic (exact) mass is 420 g/mol. The van der Waals surface area contributed by atoms with Crippen LogP contribution in [0.4, 0.5) is 0 Å². The number of hydrogen-bond donors (Lipinski definition) is 2. The van der Waals surface area contributed by atoms with Crippen LogP contribution < -0.4 is 16.3 Å². The lowest BCUT2D eigenvalue weighted by atomic mass is 9.97. The zero-order chi connectivity index (χ0) is 21.5. The molecule has 1 unspecified atom stereocenters. The number of imidazole rings is 1. The molecule has 1 aromatic carbocycles. The van der Waals surface area contributed by atoms with Gasteiger partial charge in [-0.2, -0.15) is 0 Å². The molecule has 0 radical (unpaired) electrons. The van der Waals surface area contributed by atoms with Gasteiger partial charge in [0.15, 0.2) is 0 Å². The molecule has 0 aliphatic carbocycles. The second-order valence-corrected chi connectivity index (χ2v) is 8.24. The first-order valence-corrected chi connectivity index (χ1v) is 10.6. The molecule has 2 aliphatic rings. The van der Waals surface area contributed by atoms with Crippen LogP contribution >= 0.6 is 0 Å². The van der Waals surface area contributed by atoms with Gasteiger partial charge in [0.2, 0.25) is 11.8 Å². The minimum Gasteiger partial charge on any atom is -0.317 e. The molecule has 3 aromatic rings. The van der Waals surface area contributed by atoms with E-state index in [1.54, 1.807) is 7.05 Å². The van der Waals surface area contributed by atoms with Crippen LogP contribution in [0.5, 0.6) is 0 Å². The number of nitrogens with zero attached hydrogens (tertiary/aromatic N) is 4. The molecule has 2 aliphatic heterocycles. The summed E-state index contributed by atoms with van der Waals surface area (Å²) in [6.45, 7) is 1.98. The number of rotatable bonds is 3. The van der Waals surface area contributed by atoms with Gasteiger partial charge in [0.1, 0.15) is 11.9 Å². The molecule has 1 atom stereocenters. The number of imide groups is 1. The molecule has 4 heterocycles. The zero-order valence-corrected chi connectivity index (χ0v) is 17.3. The molecule has 0 saturated carbocycles. The third-order valence-electron chi connectivity index (χ3n) is 6.32. The number of fused-ring (bicyclic) bond motifs is 1. The Morgan fingerprint density at radius 2 is 1.71 bits per heavy atom. The Hall–Kier alpha value is -3.33. The number of carbonyl (C=O) groups is 2. The molecule has 0 spiro atoms. The number of benzene rings is 1. The van der Waals surface area contributed by atoms with E-state index in [-0.39, 0.29) is 18.0 Å². The summed E-state index contributed by atoms with van der Waals surface area (Å²) >= 11 is 0. The van der Waals surface area contributed by atoms with Crippen LogP contribution in [0.1, 0.15) is 43.5 Å². The first-order chi connectivity index (χ1) is 15.0. The Morgan fingerprint density at radius 1 is 0.968 bits per heavy atom. The number of amides is 2. The Labute approximate surface area is 178 Å². The number of piperidine rings is 2. The van der Waals surface area contributed by atoms with Gasteiger partial charge in [0.25, 0.3) is 0 Å². The minimum atomic E-state index is -0.688. The van der Waals surface area contributed by atoms with E-state index < -0.39 is 11.9 Å². The summed E-state index contributed by atoms with van der Waals surface area (Å²) in [7, 11) is 1.69. The maximum Gasteiger partial charge on any atom is 0.329 e.